The summed E-state index contributed by atoms with van der Waals surface area (Å²) in [4.78, 5) is 13.1. The minimum atomic E-state index is -4.77. The second kappa shape index (κ2) is 11.1. The highest BCUT2D eigenvalue weighted by atomic mass is 32.2. The predicted octanol–water partition coefficient (Wildman–Crippen LogP) is 8.37. The molecule has 176 valence electrons. The molecule has 0 aliphatic carbocycles. The van der Waals surface area contributed by atoms with E-state index in [4.69, 9.17) is 4.74 Å². The first-order valence-corrected chi connectivity index (χ1v) is 12.3. The molecular formula is C25H25F3O3S2. The largest absolute Gasteiger partial charge is 0.573 e. The molecule has 0 aliphatic rings. The summed E-state index contributed by atoms with van der Waals surface area (Å²) in [6.45, 7) is 7.21. The van der Waals surface area contributed by atoms with Gasteiger partial charge in [-0.3, -0.25) is 0 Å². The molecule has 8 heteroatoms. The van der Waals surface area contributed by atoms with E-state index < -0.39 is 12.3 Å². The van der Waals surface area contributed by atoms with E-state index in [2.05, 4.69) is 18.2 Å². The molecule has 0 saturated carbocycles. The molecule has 33 heavy (non-hydrogen) atoms. The van der Waals surface area contributed by atoms with E-state index in [1.807, 2.05) is 30.3 Å². The summed E-state index contributed by atoms with van der Waals surface area (Å²) in [5, 5.41) is 0.920. The van der Waals surface area contributed by atoms with Crippen LogP contribution in [0, 0.1) is 0 Å². The number of unbranched alkanes of at least 4 members (excludes halogenated alkanes) is 2. The highest BCUT2D eigenvalue weighted by Crippen LogP contribution is 2.41. The zero-order chi connectivity index (χ0) is 24.0. The maximum absolute atomic E-state index is 13.1. The lowest BCUT2D eigenvalue weighted by atomic mass is 10.0. The van der Waals surface area contributed by atoms with Crippen molar-refractivity contribution in [3.05, 3.63) is 60.2 Å². The van der Waals surface area contributed by atoms with Crippen molar-refractivity contribution in [2.75, 3.05) is 5.94 Å². The zero-order valence-electron chi connectivity index (χ0n) is 18.5. The van der Waals surface area contributed by atoms with Crippen molar-refractivity contribution in [1.82, 2.24) is 0 Å². The van der Waals surface area contributed by atoms with Gasteiger partial charge in [-0.25, -0.2) is 4.79 Å². The van der Waals surface area contributed by atoms with Crippen LogP contribution in [0.15, 0.2) is 59.5 Å². The first-order chi connectivity index (χ1) is 15.7. The van der Waals surface area contributed by atoms with Crippen molar-refractivity contribution in [2.24, 2.45) is 0 Å². The van der Waals surface area contributed by atoms with Gasteiger partial charge in [-0.05, 0) is 61.0 Å². The van der Waals surface area contributed by atoms with Crippen LogP contribution in [-0.2, 0) is 16.0 Å². The Balaban J connectivity index is 1.84. The van der Waals surface area contributed by atoms with Crippen molar-refractivity contribution >= 4 is 39.2 Å². The number of carbonyl (C=O) groups is 1. The van der Waals surface area contributed by atoms with E-state index in [1.165, 1.54) is 29.2 Å². The third kappa shape index (κ3) is 7.27. The summed E-state index contributed by atoms with van der Waals surface area (Å²) in [5.74, 6) is -0.472. The van der Waals surface area contributed by atoms with Gasteiger partial charge < -0.3 is 9.47 Å². The smallest absolute Gasteiger partial charge is 0.451 e. The fraction of sp³-hybridized carbons (Fsp3) is 0.320. The summed E-state index contributed by atoms with van der Waals surface area (Å²) < 4.78 is 49.7. The molecule has 0 N–H and O–H groups in total. The van der Waals surface area contributed by atoms with Gasteiger partial charge >= 0.3 is 12.3 Å². The van der Waals surface area contributed by atoms with Crippen LogP contribution in [0.5, 0.6) is 5.75 Å². The van der Waals surface area contributed by atoms with Gasteiger partial charge in [0, 0.05) is 25.6 Å². The molecule has 2 aromatic carbocycles. The Morgan fingerprint density at radius 3 is 2.61 bits per heavy atom. The predicted molar refractivity (Wildman–Crippen MR) is 129 cm³/mol. The lowest BCUT2D eigenvalue weighted by Crippen LogP contribution is -2.17. The Labute approximate surface area is 199 Å². The number of rotatable bonds is 10. The van der Waals surface area contributed by atoms with Crippen molar-refractivity contribution in [1.29, 1.82) is 0 Å². The average molecular weight is 495 g/mol. The Kier molecular flexibility index (Phi) is 8.48. The summed E-state index contributed by atoms with van der Waals surface area (Å²) in [5.41, 5.74) is 1.58. The number of benzene rings is 2. The van der Waals surface area contributed by atoms with Gasteiger partial charge in [0.1, 0.15) is 11.7 Å². The highest BCUT2D eigenvalue weighted by Gasteiger charge is 2.32. The number of aryl methyl sites for hydroxylation is 1. The third-order valence-corrected chi connectivity index (χ3v) is 6.82. The van der Waals surface area contributed by atoms with Crippen molar-refractivity contribution in [3.63, 3.8) is 0 Å². The van der Waals surface area contributed by atoms with Crippen LogP contribution in [0.1, 0.15) is 38.7 Å². The molecule has 0 spiro atoms. The van der Waals surface area contributed by atoms with Crippen LogP contribution in [-0.4, -0.2) is 18.3 Å². The van der Waals surface area contributed by atoms with Gasteiger partial charge in [0.05, 0.1) is 0 Å². The van der Waals surface area contributed by atoms with Crippen LogP contribution in [0.25, 0.3) is 20.5 Å². The van der Waals surface area contributed by atoms with Gasteiger partial charge in [0.15, 0.2) is 0 Å². The standard InChI is InChI=1S/C25H25F3O3S2/c1-4-5-6-7-17-8-11-20(21(12-17)31-25(26,27)28)23-13-18-9-10-19(14-22(18)33-23)32-15-30-24(29)16(2)3/h8-14H,2,4-7,15H2,1,3H3. The monoisotopic (exact) mass is 494 g/mol. The number of fused-ring (bicyclic) bond motifs is 1. The fourth-order valence-electron chi connectivity index (χ4n) is 3.22. The number of ether oxygens (including phenoxy) is 2. The van der Waals surface area contributed by atoms with E-state index >= 15 is 0 Å². The molecule has 0 saturated heterocycles. The third-order valence-electron chi connectivity index (χ3n) is 4.86. The van der Waals surface area contributed by atoms with E-state index in [9.17, 15) is 18.0 Å². The lowest BCUT2D eigenvalue weighted by Gasteiger charge is -2.14. The van der Waals surface area contributed by atoms with Crippen LogP contribution in [0.3, 0.4) is 0 Å². The molecule has 0 unspecified atom stereocenters. The number of hydrogen-bond donors (Lipinski definition) is 0. The van der Waals surface area contributed by atoms with E-state index in [0.29, 0.717) is 22.4 Å². The second-order valence-electron chi connectivity index (χ2n) is 7.62. The highest BCUT2D eigenvalue weighted by molar-refractivity contribution is 7.99. The molecule has 1 aromatic heterocycles. The van der Waals surface area contributed by atoms with Gasteiger partial charge in [-0.15, -0.1) is 24.5 Å². The second-order valence-corrected chi connectivity index (χ2v) is 9.70. The number of hydrogen-bond acceptors (Lipinski definition) is 5. The zero-order valence-corrected chi connectivity index (χ0v) is 20.1. The normalized spacial score (nSPS) is 11.5. The van der Waals surface area contributed by atoms with E-state index in [0.717, 1.165) is 39.8 Å². The van der Waals surface area contributed by atoms with Gasteiger partial charge in [-0.1, -0.05) is 50.2 Å². The summed E-state index contributed by atoms with van der Waals surface area (Å²) >= 11 is 2.75. The van der Waals surface area contributed by atoms with Crippen LogP contribution < -0.4 is 4.74 Å². The Bertz CT molecular complexity index is 1140. The topological polar surface area (TPSA) is 35.5 Å². The lowest BCUT2D eigenvalue weighted by molar-refractivity contribution is -0.274. The summed E-state index contributed by atoms with van der Waals surface area (Å²) in [6, 6.07) is 12.7. The minimum absolute atomic E-state index is 0.151. The quantitative estimate of drug-likeness (QED) is 0.0932. The maximum atomic E-state index is 13.1. The molecule has 1 heterocycles. The molecule has 0 bridgehead atoms. The van der Waals surface area contributed by atoms with Crippen LogP contribution in [0.4, 0.5) is 13.2 Å². The van der Waals surface area contributed by atoms with Gasteiger partial charge in [-0.2, -0.15) is 0 Å². The summed E-state index contributed by atoms with van der Waals surface area (Å²) in [6.07, 6.45) is -1.06. The fourth-order valence-corrected chi connectivity index (χ4v) is 5.10. The Morgan fingerprint density at radius 2 is 1.91 bits per heavy atom. The molecule has 0 aliphatic heterocycles. The van der Waals surface area contributed by atoms with Crippen molar-refractivity contribution in [2.45, 2.75) is 50.8 Å². The molecule has 0 atom stereocenters. The Morgan fingerprint density at radius 1 is 1.12 bits per heavy atom. The summed E-state index contributed by atoms with van der Waals surface area (Å²) in [7, 11) is 0. The first-order valence-electron chi connectivity index (χ1n) is 10.5. The molecular weight excluding hydrogens is 469 g/mol. The first kappa shape index (κ1) is 25.2. The van der Waals surface area contributed by atoms with Gasteiger partial charge in [0.2, 0.25) is 0 Å². The van der Waals surface area contributed by atoms with Crippen LogP contribution in [0.2, 0.25) is 0 Å². The Hall–Kier alpha value is -2.45. The number of alkyl halides is 3. The molecule has 0 fully saturated rings. The van der Waals surface area contributed by atoms with Crippen molar-refractivity contribution in [3.8, 4) is 16.2 Å². The van der Waals surface area contributed by atoms with Gasteiger partial charge in [0.25, 0.3) is 0 Å². The minimum Gasteiger partial charge on any atom is -0.451 e. The number of carbonyl (C=O) groups excluding carboxylic acids is 1. The average Bonchev–Trinajstić information content (AvgIpc) is 3.16. The number of esters is 1. The van der Waals surface area contributed by atoms with Crippen molar-refractivity contribution < 1.29 is 27.4 Å². The SMILES string of the molecule is C=C(C)C(=O)OCSc1ccc2cc(-c3ccc(CCCCC)cc3OC(F)(F)F)sc2c1. The maximum Gasteiger partial charge on any atom is 0.573 e. The van der Waals surface area contributed by atoms with E-state index in [1.54, 1.807) is 13.0 Å². The molecule has 3 rings (SSSR count). The molecule has 0 amide bonds. The number of thiophene rings is 1. The number of thioether (sulfide) groups is 1. The van der Waals surface area contributed by atoms with E-state index in [-0.39, 0.29) is 11.7 Å². The number of halogens is 3. The molecule has 3 nitrogen and oxygen atoms in total. The van der Waals surface area contributed by atoms with Crippen LogP contribution >= 0.6 is 23.1 Å². The molecule has 0 radical (unpaired) electrons. The molecule has 3 aromatic rings.